The molecule has 2 aliphatic heterocycles. The molecule has 1 saturated heterocycles. The summed E-state index contributed by atoms with van der Waals surface area (Å²) in [5, 5.41) is 15.0. The lowest BCUT2D eigenvalue weighted by molar-refractivity contribution is -0.133. The molecule has 3 atom stereocenters. The van der Waals surface area contributed by atoms with E-state index in [1.165, 1.54) is 0 Å². The summed E-state index contributed by atoms with van der Waals surface area (Å²) in [5.74, 6) is -1.22. The van der Waals surface area contributed by atoms with Crippen LogP contribution in [0, 0.1) is 5.92 Å². The lowest BCUT2D eigenvalue weighted by atomic mass is 9.97. The Kier molecular flexibility index (Phi) is 3.81. The maximum Gasteiger partial charge on any atom is 0.353 e. The number of ether oxygens (including phenoxy) is 1. The molecular formula is C11H16N2O5. The predicted molar refractivity (Wildman–Crippen MR) is 61.1 cm³/mol. The molecule has 7 nitrogen and oxygen atoms in total. The minimum atomic E-state index is -1.15. The Hall–Kier alpha value is -1.63. The maximum atomic E-state index is 11.9. The summed E-state index contributed by atoms with van der Waals surface area (Å²) < 4.78 is 5.28. The van der Waals surface area contributed by atoms with Gasteiger partial charge in [0.25, 0.3) is 5.91 Å². The minimum Gasteiger partial charge on any atom is -0.477 e. The summed E-state index contributed by atoms with van der Waals surface area (Å²) in [7, 11) is 0. The van der Waals surface area contributed by atoms with E-state index in [9.17, 15) is 9.59 Å². The standard InChI is InChI=1S/C11H16N2O5/c1-6-5-17-3-2-7(6)12-10(14)9-4-8(11(15)16)13-18-9/h6-7,9H,2-5H2,1H3,(H,12,14)(H,15,16). The van der Waals surface area contributed by atoms with Gasteiger partial charge in [0, 0.05) is 19.1 Å². The van der Waals surface area contributed by atoms with Gasteiger partial charge in [-0.1, -0.05) is 12.1 Å². The van der Waals surface area contributed by atoms with E-state index in [4.69, 9.17) is 14.7 Å². The third-order valence-corrected chi connectivity index (χ3v) is 3.18. The molecule has 0 aromatic rings. The molecule has 0 aliphatic carbocycles. The molecular weight excluding hydrogens is 240 g/mol. The van der Waals surface area contributed by atoms with Gasteiger partial charge in [0.15, 0.2) is 5.71 Å². The number of carbonyl (C=O) groups is 2. The van der Waals surface area contributed by atoms with E-state index in [0.717, 1.165) is 6.42 Å². The monoisotopic (exact) mass is 256 g/mol. The highest BCUT2D eigenvalue weighted by Crippen LogP contribution is 2.16. The Morgan fingerprint density at radius 2 is 2.28 bits per heavy atom. The lowest BCUT2D eigenvalue weighted by Crippen LogP contribution is -2.48. The van der Waals surface area contributed by atoms with E-state index in [0.29, 0.717) is 13.2 Å². The van der Waals surface area contributed by atoms with Gasteiger partial charge in [-0.2, -0.15) is 0 Å². The second-order valence-electron chi connectivity index (χ2n) is 4.60. The second-order valence-corrected chi connectivity index (χ2v) is 4.60. The van der Waals surface area contributed by atoms with Crippen molar-refractivity contribution in [1.82, 2.24) is 5.32 Å². The first kappa shape index (κ1) is 12.8. The Morgan fingerprint density at radius 3 is 2.89 bits per heavy atom. The molecule has 2 rings (SSSR count). The number of carboxylic acid groups (broad SMARTS) is 1. The zero-order chi connectivity index (χ0) is 13.1. The van der Waals surface area contributed by atoms with Crippen molar-refractivity contribution in [1.29, 1.82) is 0 Å². The van der Waals surface area contributed by atoms with E-state index in [2.05, 4.69) is 10.5 Å². The molecule has 100 valence electrons. The third kappa shape index (κ3) is 2.79. The van der Waals surface area contributed by atoms with Crippen molar-refractivity contribution in [3.63, 3.8) is 0 Å². The van der Waals surface area contributed by atoms with E-state index < -0.39 is 12.1 Å². The maximum absolute atomic E-state index is 11.9. The van der Waals surface area contributed by atoms with Gasteiger partial charge < -0.3 is 20.0 Å². The summed E-state index contributed by atoms with van der Waals surface area (Å²) in [6.07, 6.45) is -0.0588. The van der Waals surface area contributed by atoms with Gasteiger partial charge in [-0.3, -0.25) is 4.79 Å². The Bertz CT molecular complexity index is 382. The molecule has 1 fully saturated rings. The topological polar surface area (TPSA) is 97.2 Å². The van der Waals surface area contributed by atoms with Crippen molar-refractivity contribution in [2.75, 3.05) is 13.2 Å². The van der Waals surface area contributed by atoms with Gasteiger partial charge in [-0.15, -0.1) is 0 Å². The zero-order valence-corrected chi connectivity index (χ0v) is 10.1. The van der Waals surface area contributed by atoms with Crippen molar-refractivity contribution < 1.29 is 24.3 Å². The first-order chi connectivity index (χ1) is 8.58. The van der Waals surface area contributed by atoms with Crippen LogP contribution in [0.5, 0.6) is 0 Å². The Labute approximate surface area is 104 Å². The number of hydrogen-bond donors (Lipinski definition) is 2. The summed E-state index contributed by atoms with van der Waals surface area (Å²) in [6.45, 7) is 3.24. The molecule has 0 aromatic carbocycles. The van der Waals surface area contributed by atoms with Crippen LogP contribution in [0.1, 0.15) is 19.8 Å². The van der Waals surface area contributed by atoms with Crippen LogP contribution in [0.4, 0.5) is 0 Å². The fourth-order valence-corrected chi connectivity index (χ4v) is 2.01. The van der Waals surface area contributed by atoms with Crippen molar-refractivity contribution in [3.8, 4) is 0 Å². The van der Waals surface area contributed by atoms with Gasteiger partial charge in [0.1, 0.15) is 0 Å². The predicted octanol–water partition coefficient (Wildman–Crippen LogP) is -0.243. The largest absolute Gasteiger partial charge is 0.477 e. The van der Waals surface area contributed by atoms with Crippen molar-refractivity contribution in [2.45, 2.75) is 31.9 Å². The number of hydrogen-bond acceptors (Lipinski definition) is 5. The highest BCUT2D eigenvalue weighted by atomic mass is 16.6. The van der Waals surface area contributed by atoms with E-state index in [1.807, 2.05) is 6.92 Å². The van der Waals surface area contributed by atoms with Gasteiger partial charge in [0.05, 0.1) is 6.61 Å². The molecule has 1 amide bonds. The van der Waals surface area contributed by atoms with Gasteiger partial charge in [0.2, 0.25) is 6.10 Å². The molecule has 0 saturated carbocycles. The van der Waals surface area contributed by atoms with Crippen molar-refractivity contribution >= 4 is 17.6 Å². The summed E-state index contributed by atoms with van der Waals surface area (Å²) in [4.78, 5) is 27.4. The summed E-state index contributed by atoms with van der Waals surface area (Å²) in [6, 6.07) is 0.0451. The first-order valence-electron chi connectivity index (χ1n) is 5.92. The number of rotatable bonds is 3. The van der Waals surface area contributed by atoms with Crippen LogP contribution in [0.3, 0.4) is 0 Å². The van der Waals surface area contributed by atoms with Crippen LogP contribution in [0.15, 0.2) is 5.16 Å². The highest BCUT2D eigenvalue weighted by molar-refractivity contribution is 6.36. The first-order valence-corrected chi connectivity index (χ1v) is 5.92. The summed E-state index contributed by atoms with van der Waals surface area (Å²) >= 11 is 0. The van der Waals surface area contributed by atoms with Gasteiger partial charge in [-0.05, 0) is 12.3 Å². The van der Waals surface area contributed by atoms with Crippen LogP contribution >= 0.6 is 0 Å². The van der Waals surface area contributed by atoms with Crippen LogP contribution in [0.2, 0.25) is 0 Å². The van der Waals surface area contributed by atoms with Crippen molar-refractivity contribution in [2.24, 2.45) is 11.1 Å². The molecule has 3 unspecified atom stereocenters. The average Bonchev–Trinajstić information content (AvgIpc) is 2.81. The molecule has 2 heterocycles. The van der Waals surface area contributed by atoms with Crippen LogP contribution in [0.25, 0.3) is 0 Å². The number of nitrogens with one attached hydrogen (secondary N) is 1. The number of nitrogens with zero attached hydrogens (tertiary/aromatic N) is 1. The Balaban J connectivity index is 1.84. The number of carboxylic acids is 1. The molecule has 7 heteroatoms. The van der Waals surface area contributed by atoms with E-state index in [-0.39, 0.29) is 30.0 Å². The lowest BCUT2D eigenvalue weighted by Gasteiger charge is -2.30. The van der Waals surface area contributed by atoms with Crippen LogP contribution in [-0.4, -0.2) is 48.1 Å². The van der Waals surface area contributed by atoms with Gasteiger partial charge in [-0.25, -0.2) is 4.79 Å². The average molecular weight is 256 g/mol. The highest BCUT2D eigenvalue weighted by Gasteiger charge is 2.33. The number of carbonyl (C=O) groups excluding carboxylic acids is 1. The number of amides is 1. The molecule has 0 radical (unpaired) electrons. The van der Waals surface area contributed by atoms with Crippen LogP contribution in [-0.2, 0) is 19.2 Å². The molecule has 0 aromatic heterocycles. The fourth-order valence-electron chi connectivity index (χ4n) is 2.01. The number of aliphatic carboxylic acids is 1. The Morgan fingerprint density at radius 1 is 1.50 bits per heavy atom. The van der Waals surface area contributed by atoms with E-state index in [1.54, 1.807) is 0 Å². The summed E-state index contributed by atoms with van der Waals surface area (Å²) in [5.41, 5.74) is -0.116. The molecule has 0 bridgehead atoms. The third-order valence-electron chi connectivity index (χ3n) is 3.18. The smallest absolute Gasteiger partial charge is 0.353 e. The fraction of sp³-hybridized carbons (Fsp3) is 0.727. The molecule has 18 heavy (non-hydrogen) atoms. The van der Waals surface area contributed by atoms with E-state index >= 15 is 0 Å². The van der Waals surface area contributed by atoms with Gasteiger partial charge >= 0.3 is 5.97 Å². The molecule has 2 N–H and O–H groups in total. The van der Waals surface area contributed by atoms with Crippen LogP contribution < -0.4 is 5.32 Å². The van der Waals surface area contributed by atoms with Crippen molar-refractivity contribution in [3.05, 3.63) is 0 Å². The zero-order valence-electron chi connectivity index (χ0n) is 10.1. The SMILES string of the molecule is CC1COCCC1NC(=O)C1CC(C(=O)O)=NO1. The normalized spacial score (nSPS) is 31.4. The molecule has 2 aliphatic rings. The number of oxime groups is 1. The second kappa shape index (κ2) is 5.34. The quantitative estimate of drug-likeness (QED) is 0.726. The molecule has 0 spiro atoms. The minimum absolute atomic E-state index is 0.0127.